The number of halogens is 1. The molecule has 0 aromatic carbocycles. The van der Waals surface area contributed by atoms with Crippen LogP contribution in [0.5, 0.6) is 0 Å². The maximum atomic E-state index is 11.2. The number of nitrogens with zero attached hydrogens (tertiary/aromatic N) is 1. The second-order valence-electron chi connectivity index (χ2n) is 2.25. The zero-order chi connectivity index (χ0) is 8.97. The van der Waals surface area contributed by atoms with Crippen LogP contribution in [0.25, 0.3) is 0 Å². The van der Waals surface area contributed by atoms with E-state index in [1.54, 1.807) is 6.07 Å². The van der Waals surface area contributed by atoms with Crippen molar-refractivity contribution in [2.24, 2.45) is 0 Å². The number of carbonyl (C=O) groups is 1. The molecule has 1 heterocycles. The van der Waals surface area contributed by atoms with Crippen LogP contribution in [-0.4, -0.2) is 17.4 Å². The molecule has 0 aliphatic rings. The topological polar surface area (TPSA) is 42.0 Å². The molecule has 12 heavy (non-hydrogen) atoms. The summed E-state index contributed by atoms with van der Waals surface area (Å²) >= 11 is 5.65. The van der Waals surface area contributed by atoms with Crippen LogP contribution in [0.1, 0.15) is 17.3 Å². The van der Waals surface area contributed by atoms with Gasteiger partial charge in [-0.05, 0) is 13.0 Å². The summed E-state index contributed by atoms with van der Waals surface area (Å²) in [5.41, 5.74) is 0.490. The lowest BCUT2D eigenvalue weighted by Gasteiger charge is -2.00. The Labute approximate surface area is 75.8 Å². The minimum atomic E-state index is -0.146. The van der Waals surface area contributed by atoms with Gasteiger partial charge in [-0.15, -0.1) is 0 Å². The van der Waals surface area contributed by atoms with Crippen LogP contribution in [0, 0.1) is 0 Å². The molecule has 0 saturated heterocycles. The summed E-state index contributed by atoms with van der Waals surface area (Å²) < 4.78 is 0. The van der Waals surface area contributed by atoms with Crippen molar-refractivity contribution in [3.05, 3.63) is 29.0 Å². The summed E-state index contributed by atoms with van der Waals surface area (Å²) in [6.45, 7) is 2.46. The molecule has 1 N–H and O–H groups in total. The van der Waals surface area contributed by atoms with Gasteiger partial charge in [-0.25, -0.2) is 0 Å². The summed E-state index contributed by atoms with van der Waals surface area (Å²) in [6.07, 6.45) is 2.97. The molecule has 0 fully saturated rings. The third-order valence-corrected chi connectivity index (χ3v) is 1.51. The molecule has 1 aromatic heterocycles. The highest BCUT2D eigenvalue weighted by Crippen LogP contribution is 2.07. The number of hydrogen-bond donors (Lipinski definition) is 1. The van der Waals surface area contributed by atoms with E-state index in [1.807, 2.05) is 6.92 Å². The first-order chi connectivity index (χ1) is 5.74. The fourth-order valence-corrected chi connectivity index (χ4v) is 0.973. The quantitative estimate of drug-likeness (QED) is 0.757. The van der Waals surface area contributed by atoms with E-state index in [0.717, 1.165) is 0 Å². The summed E-state index contributed by atoms with van der Waals surface area (Å²) in [4.78, 5) is 15.0. The van der Waals surface area contributed by atoms with Gasteiger partial charge < -0.3 is 5.32 Å². The largest absolute Gasteiger partial charge is 0.352 e. The van der Waals surface area contributed by atoms with E-state index in [2.05, 4.69) is 10.3 Å². The lowest BCUT2D eigenvalue weighted by atomic mass is 10.3. The Kier molecular flexibility index (Phi) is 3.05. The maximum absolute atomic E-state index is 11.2. The SMILES string of the molecule is CCNC(=O)c1cncc(Cl)c1. The molecule has 0 bridgehead atoms. The lowest BCUT2D eigenvalue weighted by Crippen LogP contribution is -2.22. The lowest BCUT2D eigenvalue weighted by molar-refractivity contribution is 0.0955. The van der Waals surface area contributed by atoms with Crippen molar-refractivity contribution in [1.29, 1.82) is 0 Å². The average molecular weight is 185 g/mol. The van der Waals surface area contributed by atoms with E-state index in [9.17, 15) is 4.79 Å². The third-order valence-electron chi connectivity index (χ3n) is 1.30. The smallest absolute Gasteiger partial charge is 0.252 e. The van der Waals surface area contributed by atoms with Gasteiger partial charge in [0.25, 0.3) is 5.91 Å². The molecule has 0 unspecified atom stereocenters. The van der Waals surface area contributed by atoms with Crippen molar-refractivity contribution in [1.82, 2.24) is 10.3 Å². The Bertz CT molecular complexity index is 288. The molecule has 1 rings (SSSR count). The van der Waals surface area contributed by atoms with Crippen LogP contribution < -0.4 is 5.32 Å². The molecule has 0 aliphatic heterocycles. The van der Waals surface area contributed by atoms with Crippen molar-refractivity contribution in [2.45, 2.75) is 6.92 Å². The summed E-state index contributed by atoms with van der Waals surface area (Å²) in [5, 5.41) is 3.12. The van der Waals surface area contributed by atoms with Crippen molar-refractivity contribution < 1.29 is 4.79 Å². The predicted molar refractivity (Wildman–Crippen MR) is 47.3 cm³/mol. The van der Waals surface area contributed by atoms with Crippen LogP contribution >= 0.6 is 11.6 Å². The van der Waals surface area contributed by atoms with Gasteiger partial charge in [-0.3, -0.25) is 9.78 Å². The van der Waals surface area contributed by atoms with Gasteiger partial charge in [-0.1, -0.05) is 11.6 Å². The Balaban J connectivity index is 2.81. The first-order valence-corrected chi connectivity index (χ1v) is 4.00. The molecule has 0 radical (unpaired) electrons. The van der Waals surface area contributed by atoms with Crippen molar-refractivity contribution in [3.63, 3.8) is 0 Å². The van der Waals surface area contributed by atoms with Crippen LogP contribution in [0.15, 0.2) is 18.5 Å². The van der Waals surface area contributed by atoms with E-state index in [0.29, 0.717) is 17.1 Å². The number of nitrogens with one attached hydrogen (secondary N) is 1. The van der Waals surface area contributed by atoms with E-state index >= 15 is 0 Å². The summed E-state index contributed by atoms with van der Waals surface area (Å²) in [5.74, 6) is -0.146. The van der Waals surface area contributed by atoms with Gasteiger partial charge in [0.05, 0.1) is 10.6 Å². The second kappa shape index (κ2) is 4.07. The number of carbonyl (C=O) groups excluding carboxylic acids is 1. The Morgan fingerprint density at radius 3 is 3.00 bits per heavy atom. The van der Waals surface area contributed by atoms with Crippen LogP contribution in [0.4, 0.5) is 0 Å². The minimum absolute atomic E-state index is 0.146. The number of rotatable bonds is 2. The fourth-order valence-electron chi connectivity index (χ4n) is 0.799. The average Bonchev–Trinajstić information content (AvgIpc) is 2.05. The van der Waals surface area contributed by atoms with Crippen molar-refractivity contribution >= 4 is 17.5 Å². The Morgan fingerprint density at radius 2 is 2.42 bits per heavy atom. The molecular formula is C8H9ClN2O. The zero-order valence-electron chi connectivity index (χ0n) is 6.67. The number of amides is 1. The van der Waals surface area contributed by atoms with Gasteiger partial charge in [0, 0.05) is 18.9 Å². The van der Waals surface area contributed by atoms with Gasteiger partial charge in [0.1, 0.15) is 0 Å². The predicted octanol–water partition coefficient (Wildman–Crippen LogP) is 1.48. The van der Waals surface area contributed by atoms with E-state index in [1.165, 1.54) is 12.4 Å². The van der Waals surface area contributed by atoms with Gasteiger partial charge in [0.2, 0.25) is 0 Å². The normalized spacial score (nSPS) is 9.50. The van der Waals surface area contributed by atoms with Crippen LogP contribution in [-0.2, 0) is 0 Å². The van der Waals surface area contributed by atoms with Crippen LogP contribution in [0.2, 0.25) is 5.02 Å². The summed E-state index contributed by atoms with van der Waals surface area (Å²) in [7, 11) is 0. The van der Waals surface area contributed by atoms with Gasteiger partial charge in [-0.2, -0.15) is 0 Å². The minimum Gasteiger partial charge on any atom is -0.352 e. The highest BCUT2D eigenvalue weighted by atomic mass is 35.5. The Hall–Kier alpha value is -1.09. The molecule has 1 amide bonds. The summed E-state index contributed by atoms with van der Waals surface area (Å²) in [6, 6.07) is 1.58. The fraction of sp³-hybridized carbons (Fsp3) is 0.250. The van der Waals surface area contributed by atoms with E-state index in [4.69, 9.17) is 11.6 Å². The molecule has 3 nitrogen and oxygen atoms in total. The zero-order valence-corrected chi connectivity index (χ0v) is 7.43. The molecule has 4 heteroatoms. The van der Waals surface area contributed by atoms with E-state index in [-0.39, 0.29) is 5.91 Å². The van der Waals surface area contributed by atoms with Crippen LogP contribution in [0.3, 0.4) is 0 Å². The maximum Gasteiger partial charge on any atom is 0.252 e. The first-order valence-electron chi connectivity index (χ1n) is 3.62. The number of aromatic nitrogens is 1. The van der Waals surface area contributed by atoms with E-state index < -0.39 is 0 Å². The molecule has 0 saturated carbocycles. The molecule has 0 aliphatic carbocycles. The standard InChI is InChI=1S/C8H9ClN2O/c1-2-11-8(12)6-3-7(9)5-10-4-6/h3-5H,2H2,1H3,(H,11,12). The highest BCUT2D eigenvalue weighted by Gasteiger charge is 2.03. The van der Waals surface area contributed by atoms with Crippen molar-refractivity contribution in [2.75, 3.05) is 6.54 Å². The monoisotopic (exact) mass is 184 g/mol. The molecule has 64 valence electrons. The highest BCUT2D eigenvalue weighted by molar-refractivity contribution is 6.30. The molecule has 0 spiro atoms. The van der Waals surface area contributed by atoms with Gasteiger partial charge >= 0.3 is 0 Å². The van der Waals surface area contributed by atoms with Crippen molar-refractivity contribution in [3.8, 4) is 0 Å². The molecule has 1 aromatic rings. The number of pyridine rings is 1. The Morgan fingerprint density at radius 1 is 1.67 bits per heavy atom. The molecular weight excluding hydrogens is 176 g/mol. The van der Waals surface area contributed by atoms with Gasteiger partial charge in [0.15, 0.2) is 0 Å². The second-order valence-corrected chi connectivity index (χ2v) is 2.69. The third kappa shape index (κ3) is 2.20. The number of hydrogen-bond acceptors (Lipinski definition) is 2. The first kappa shape index (κ1) is 9.00. The molecule has 0 atom stereocenters.